The average Bonchev–Trinajstić information content (AvgIpc) is 2.28. The lowest BCUT2D eigenvalue weighted by Crippen LogP contribution is -2.32. The molecule has 0 aliphatic carbocycles. The lowest BCUT2D eigenvalue weighted by atomic mass is 10.0. The van der Waals surface area contributed by atoms with E-state index in [2.05, 4.69) is 5.32 Å². The quantitative estimate of drug-likeness (QED) is 0.863. The molecule has 2 nitrogen and oxygen atoms in total. The van der Waals surface area contributed by atoms with Crippen molar-refractivity contribution < 1.29 is 17.9 Å². The molecule has 0 aromatic heterocycles. The van der Waals surface area contributed by atoms with Crippen LogP contribution in [-0.2, 0) is 17.3 Å². The highest BCUT2D eigenvalue weighted by Gasteiger charge is 2.30. The standard InChI is InChI=1S/C12H16F3NO/c1-16-11(8-17-2)7-9-4-3-5-10(6-9)12(13,14)15/h3-6,11,16H,7-8H2,1-2H3. The predicted octanol–water partition coefficient (Wildman–Crippen LogP) is 2.48. The Morgan fingerprint density at radius 1 is 1.35 bits per heavy atom. The molecule has 1 aromatic carbocycles. The highest BCUT2D eigenvalue weighted by atomic mass is 19.4. The molecular weight excluding hydrogens is 231 g/mol. The van der Waals surface area contributed by atoms with Crippen LogP contribution in [0.15, 0.2) is 24.3 Å². The molecule has 0 aliphatic rings. The molecule has 0 bridgehead atoms. The third-order valence-electron chi connectivity index (χ3n) is 2.51. The Balaban J connectivity index is 2.78. The van der Waals surface area contributed by atoms with Gasteiger partial charge in [0.1, 0.15) is 0 Å². The fourth-order valence-corrected chi connectivity index (χ4v) is 1.60. The molecule has 1 aromatic rings. The molecular formula is C12H16F3NO. The predicted molar refractivity (Wildman–Crippen MR) is 59.9 cm³/mol. The molecule has 1 N–H and O–H groups in total. The first-order valence-corrected chi connectivity index (χ1v) is 5.29. The topological polar surface area (TPSA) is 21.3 Å². The van der Waals surface area contributed by atoms with E-state index in [1.165, 1.54) is 12.1 Å². The van der Waals surface area contributed by atoms with Gasteiger partial charge in [0.05, 0.1) is 12.2 Å². The van der Waals surface area contributed by atoms with Crippen molar-refractivity contribution in [2.24, 2.45) is 0 Å². The number of hydrogen-bond acceptors (Lipinski definition) is 2. The molecule has 0 spiro atoms. The molecule has 1 rings (SSSR count). The highest BCUT2D eigenvalue weighted by molar-refractivity contribution is 5.26. The second-order valence-electron chi connectivity index (χ2n) is 3.84. The Labute approximate surface area is 98.8 Å². The van der Waals surface area contributed by atoms with Crippen LogP contribution in [0.5, 0.6) is 0 Å². The van der Waals surface area contributed by atoms with Crippen molar-refractivity contribution in [3.63, 3.8) is 0 Å². The zero-order chi connectivity index (χ0) is 12.9. The summed E-state index contributed by atoms with van der Waals surface area (Å²) >= 11 is 0. The summed E-state index contributed by atoms with van der Waals surface area (Å²) in [7, 11) is 3.33. The van der Waals surface area contributed by atoms with E-state index < -0.39 is 11.7 Å². The number of rotatable bonds is 5. The van der Waals surface area contributed by atoms with E-state index in [1.54, 1.807) is 20.2 Å². The van der Waals surface area contributed by atoms with Gasteiger partial charge in [-0.2, -0.15) is 13.2 Å². The molecule has 17 heavy (non-hydrogen) atoms. The molecule has 0 heterocycles. The number of likely N-dealkylation sites (N-methyl/N-ethyl adjacent to an activating group) is 1. The van der Waals surface area contributed by atoms with Gasteiger partial charge >= 0.3 is 6.18 Å². The summed E-state index contributed by atoms with van der Waals surface area (Å²) < 4.78 is 42.5. The Bertz CT molecular complexity index is 352. The molecule has 96 valence electrons. The van der Waals surface area contributed by atoms with Gasteiger partial charge < -0.3 is 10.1 Å². The van der Waals surface area contributed by atoms with Gasteiger partial charge in [-0.1, -0.05) is 18.2 Å². The van der Waals surface area contributed by atoms with Crippen LogP contribution in [0.25, 0.3) is 0 Å². The van der Waals surface area contributed by atoms with E-state index in [-0.39, 0.29) is 6.04 Å². The van der Waals surface area contributed by atoms with Crippen molar-refractivity contribution >= 4 is 0 Å². The Morgan fingerprint density at radius 3 is 2.59 bits per heavy atom. The molecule has 0 amide bonds. The molecule has 1 atom stereocenters. The maximum Gasteiger partial charge on any atom is 0.416 e. The minimum atomic E-state index is -4.29. The first kappa shape index (κ1) is 14.0. The summed E-state index contributed by atoms with van der Waals surface area (Å²) in [4.78, 5) is 0. The molecule has 0 radical (unpaired) electrons. The Morgan fingerprint density at radius 2 is 2.06 bits per heavy atom. The van der Waals surface area contributed by atoms with Crippen LogP contribution in [0, 0.1) is 0 Å². The maximum absolute atomic E-state index is 12.5. The van der Waals surface area contributed by atoms with Crippen LogP contribution in [0.3, 0.4) is 0 Å². The maximum atomic E-state index is 12.5. The third-order valence-corrected chi connectivity index (χ3v) is 2.51. The summed E-state index contributed by atoms with van der Waals surface area (Å²) in [5.41, 5.74) is 0.0403. The number of benzene rings is 1. The van der Waals surface area contributed by atoms with Crippen molar-refractivity contribution in [2.75, 3.05) is 20.8 Å². The fraction of sp³-hybridized carbons (Fsp3) is 0.500. The lowest BCUT2D eigenvalue weighted by molar-refractivity contribution is -0.137. The Kier molecular flexibility index (Phi) is 4.96. The SMILES string of the molecule is CNC(COC)Cc1cccc(C(F)(F)F)c1. The van der Waals surface area contributed by atoms with Gasteiger partial charge in [-0.3, -0.25) is 0 Å². The molecule has 1 unspecified atom stereocenters. The summed E-state index contributed by atoms with van der Waals surface area (Å²) in [5, 5.41) is 3.00. The first-order valence-electron chi connectivity index (χ1n) is 5.29. The van der Waals surface area contributed by atoms with E-state index in [1.807, 2.05) is 0 Å². The van der Waals surface area contributed by atoms with E-state index in [0.29, 0.717) is 18.6 Å². The van der Waals surface area contributed by atoms with E-state index >= 15 is 0 Å². The molecule has 0 fully saturated rings. The molecule has 0 saturated carbocycles. The van der Waals surface area contributed by atoms with Crippen molar-refractivity contribution in [3.8, 4) is 0 Å². The largest absolute Gasteiger partial charge is 0.416 e. The minimum Gasteiger partial charge on any atom is -0.383 e. The fourth-order valence-electron chi connectivity index (χ4n) is 1.60. The molecule has 0 saturated heterocycles. The first-order chi connectivity index (χ1) is 7.97. The smallest absolute Gasteiger partial charge is 0.383 e. The van der Waals surface area contributed by atoms with Gasteiger partial charge in [-0.25, -0.2) is 0 Å². The molecule has 0 aliphatic heterocycles. The van der Waals surface area contributed by atoms with Gasteiger partial charge in [0.2, 0.25) is 0 Å². The van der Waals surface area contributed by atoms with Crippen molar-refractivity contribution in [1.82, 2.24) is 5.32 Å². The van der Waals surface area contributed by atoms with Crippen molar-refractivity contribution in [1.29, 1.82) is 0 Å². The summed E-state index contributed by atoms with van der Waals surface area (Å²) in [6, 6.07) is 5.39. The van der Waals surface area contributed by atoms with Crippen LogP contribution in [0.1, 0.15) is 11.1 Å². The molecule has 5 heteroatoms. The monoisotopic (exact) mass is 247 g/mol. The normalized spacial score (nSPS) is 13.7. The second-order valence-corrected chi connectivity index (χ2v) is 3.84. The van der Waals surface area contributed by atoms with Gasteiger partial charge in [-0.15, -0.1) is 0 Å². The highest BCUT2D eigenvalue weighted by Crippen LogP contribution is 2.29. The van der Waals surface area contributed by atoms with Gasteiger partial charge in [0, 0.05) is 13.2 Å². The van der Waals surface area contributed by atoms with Crippen molar-refractivity contribution in [2.45, 2.75) is 18.6 Å². The minimum absolute atomic E-state index is 0.0171. The van der Waals surface area contributed by atoms with E-state index in [4.69, 9.17) is 4.74 Å². The van der Waals surface area contributed by atoms with E-state index in [9.17, 15) is 13.2 Å². The summed E-state index contributed by atoms with van der Waals surface area (Å²) in [6.07, 6.45) is -3.78. The zero-order valence-corrected chi connectivity index (χ0v) is 9.84. The number of methoxy groups -OCH3 is 1. The third kappa shape index (κ3) is 4.36. The number of alkyl halides is 3. The summed E-state index contributed by atoms with van der Waals surface area (Å²) in [5.74, 6) is 0. The number of nitrogens with one attached hydrogen (secondary N) is 1. The lowest BCUT2D eigenvalue weighted by Gasteiger charge is -2.16. The van der Waals surface area contributed by atoms with Crippen LogP contribution in [0.4, 0.5) is 13.2 Å². The van der Waals surface area contributed by atoms with Crippen LogP contribution in [0.2, 0.25) is 0 Å². The van der Waals surface area contributed by atoms with Gasteiger partial charge in [0.25, 0.3) is 0 Å². The van der Waals surface area contributed by atoms with Crippen LogP contribution >= 0.6 is 0 Å². The zero-order valence-electron chi connectivity index (χ0n) is 9.84. The Hall–Kier alpha value is -1.07. The second kappa shape index (κ2) is 6.02. The number of hydrogen-bond donors (Lipinski definition) is 1. The van der Waals surface area contributed by atoms with Crippen LogP contribution in [-0.4, -0.2) is 26.8 Å². The van der Waals surface area contributed by atoms with Gasteiger partial charge in [0.15, 0.2) is 0 Å². The van der Waals surface area contributed by atoms with E-state index in [0.717, 1.165) is 6.07 Å². The average molecular weight is 247 g/mol. The summed E-state index contributed by atoms with van der Waals surface area (Å²) in [6.45, 7) is 0.465. The number of ether oxygens (including phenoxy) is 1. The van der Waals surface area contributed by atoms with Crippen LogP contribution < -0.4 is 5.32 Å². The number of halogens is 3. The van der Waals surface area contributed by atoms with Crippen molar-refractivity contribution in [3.05, 3.63) is 35.4 Å². The van der Waals surface area contributed by atoms with Gasteiger partial charge in [-0.05, 0) is 25.1 Å².